The molecule has 0 aliphatic heterocycles. The fraction of sp³-hybridized carbons (Fsp3) is 0.111. The maximum Gasteiger partial charge on any atom is 0.268 e. The van der Waals surface area contributed by atoms with Crippen LogP contribution in [0.3, 0.4) is 0 Å². The van der Waals surface area contributed by atoms with Gasteiger partial charge in [0, 0.05) is 6.07 Å². The minimum Gasteiger partial charge on any atom is -0.495 e. The van der Waals surface area contributed by atoms with Crippen LogP contribution in [0, 0.1) is 11.3 Å². The molecule has 1 heterocycles. The van der Waals surface area contributed by atoms with E-state index in [9.17, 15) is 4.79 Å². The Morgan fingerprint density at radius 2 is 2.46 bits per heavy atom. The molecule has 1 aromatic rings. The smallest absolute Gasteiger partial charge is 0.268 e. The number of aromatic amines is 1. The molecule has 0 unspecified atom stereocenters. The lowest BCUT2D eigenvalue weighted by Gasteiger charge is -1.99. The normalized spacial score (nSPS) is 9.15. The number of rotatable bonds is 2. The summed E-state index contributed by atoms with van der Waals surface area (Å²) in [6.45, 7) is 3.49. The molecular weight excluding hydrogens is 168 g/mol. The van der Waals surface area contributed by atoms with Crippen LogP contribution >= 0.6 is 0 Å². The molecule has 0 fully saturated rings. The third-order valence-electron chi connectivity index (χ3n) is 1.58. The summed E-state index contributed by atoms with van der Waals surface area (Å²) < 4.78 is 0. The van der Waals surface area contributed by atoms with Gasteiger partial charge in [-0.3, -0.25) is 9.78 Å². The van der Waals surface area contributed by atoms with Crippen molar-refractivity contribution in [1.82, 2.24) is 4.98 Å². The van der Waals surface area contributed by atoms with E-state index < -0.39 is 5.56 Å². The van der Waals surface area contributed by atoms with Crippen molar-refractivity contribution in [1.29, 1.82) is 5.26 Å². The summed E-state index contributed by atoms with van der Waals surface area (Å²) in [6.07, 6.45) is 1.95. The van der Waals surface area contributed by atoms with Crippen molar-refractivity contribution in [3.8, 4) is 11.9 Å². The van der Waals surface area contributed by atoms with Gasteiger partial charge in [-0.2, -0.15) is 5.26 Å². The van der Waals surface area contributed by atoms with E-state index in [1.807, 2.05) is 0 Å². The lowest BCUT2D eigenvalue weighted by molar-refractivity contribution is 0.451. The van der Waals surface area contributed by atoms with E-state index in [1.165, 1.54) is 6.07 Å². The topological polar surface area (TPSA) is 76.9 Å². The van der Waals surface area contributed by atoms with Crippen molar-refractivity contribution in [3.63, 3.8) is 0 Å². The monoisotopic (exact) mass is 176 g/mol. The molecule has 0 saturated heterocycles. The Labute approximate surface area is 74.8 Å². The number of aromatic nitrogens is 1. The van der Waals surface area contributed by atoms with E-state index in [-0.39, 0.29) is 11.4 Å². The second-order valence-electron chi connectivity index (χ2n) is 2.49. The predicted octanol–water partition coefficient (Wildman–Crippen LogP) is 0.681. The Hall–Kier alpha value is -2.02. The lowest BCUT2D eigenvalue weighted by atomic mass is 10.1. The third-order valence-corrected chi connectivity index (χ3v) is 1.58. The average molecular weight is 176 g/mol. The molecule has 0 aliphatic carbocycles. The highest BCUT2D eigenvalue weighted by Crippen LogP contribution is 2.09. The lowest BCUT2D eigenvalue weighted by Crippen LogP contribution is -2.12. The Kier molecular flexibility index (Phi) is 2.50. The first kappa shape index (κ1) is 9.07. The van der Waals surface area contributed by atoms with Crippen LogP contribution in [0.4, 0.5) is 0 Å². The number of nitrogens with one attached hydrogen (secondary N) is 1. The van der Waals surface area contributed by atoms with Crippen LogP contribution in [0.2, 0.25) is 0 Å². The highest BCUT2D eigenvalue weighted by atomic mass is 16.3. The van der Waals surface area contributed by atoms with E-state index >= 15 is 0 Å². The predicted molar refractivity (Wildman–Crippen MR) is 47.3 cm³/mol. The molecular formula is C9H8N2O2. The number of pyridine rings is 1. The fourth-order valence-corrected chi connectivity index (χ4v) is 1.04. The van der Waals surface area contributed by atoms with E-state index in [0.717, 1.165) is 0 Å². The van der Waals surface area contributed by atoms with Crippen LogP contribution in [0.5, 0.6) is 5.88 Å². The highest BCUT2D eigenvalue weighted by molar-refractivity contribution is 5.38. The second-order valence-corrected chi connectivity index (χ2v) is 2.49. The van der Waals surface area contributed by atoms with Gasteiger partial charge in [0.05, 0.1) is 0 Å². The van der Waals surface area contributed by atoms with Gasteiger partial charge < -0.3 is 5.11 Å². The molecule has 0 aliphatic rings. The van der Waals surface area contributed by atoms with E-state index in [0.29, 0.717) is 12.0 Å². The molecule has 0 bridgehead atoms. The summed E-state index contributed by atoms with van der Waals surface area (Å²) >= 11 is 0. The van der Waals surface area contributed by atoms with Crippen LogP contribution in [0.25, 0.3) is 0 Å². The number of nitriles is 1. The van der Waals surface area contributed by atoms with Crippen LogP contribution in [0.1, 0.15) is 11.1 Å². The zero-order valence-electron chi connectivity index (χ0n) is 6.87. The molecule has 1 rings (SSSR count). The van der Waals surface area contributed by atoms with Gasteiger partial charge in [0.25, 0.3) is 5.56 Å². The Bertz CT molecular complexity index is 426. The number of hydrogen-bond acceptors (Lipinski definition) is 3. The minimum atomic E-state index is -0.570. The maximum atomic E-state index is 11.1. The second kappa shape index (κ2) is 3.59. The van der Waals surface area contributed by atoms with Crippen LogP contribution < -0.4 is 5.56 Å². The number of hydrogen-bond donors (Lipinski definition) is 2. The summed E-state index contributed by atoms with van der Waals surface area (Å²) in [5.41, 5.74) is -0.0594. The maximum absolute atomic E-state index is 11.1. The molecule has 0 spiro atoms. The molecule has 0 amide bonds. The molecule has 2 N–H and O–H groups in total. The van der Waals surface area contributed by atoms with Gasteiger partial charge in [0.1, 0.15) is 11.6 Å². The standard InChI is InChI=1S/C9H8N2O2/c1-2-3-6-4-8(12)11-9(13)7(6)5-10/h2,4H,1,3H2,(H2,11,12,13). The summed E-state index contributed by atoms with van der Waals surface area (Å²) in [5, 5.41) is 17.7. The van der Waals surface area contributed by atoms with Crippen molar-refractivity contribution in [2.24, 2.45) is 0 Å². The van der Waals surface area contributed by atoms with Crippen molar-refractivity contribution in [2.45, 2.75) is 6.42 Å². The minimum absolute atomic E-state index is 0.0256. The number of nitrogens with zero attached hydrogens (tertiary/aromatic N) is 1. The zero-order chi connectivity index (χ0) is 9.84. The van der Waals surface area contributed by atoms with Crippen LogP contribution in [-0.2, 0) is 6.42 Å². The van der Waals surface area contributed by atoms with Gasteiger partial charge in [-0.25, -0.2) is 0 Å². The summed E-state index contributed by atoms with van der Waals surface area (Å²) in [7, 11) is 0. The third kappa shape index (κ3) is 1.76. The Balaban J connectivity index is 3.40. The van der Waals surface area contributed by atoms with Crippen molar-refractivity contribution >= 4 is 0 Å². The molecule has 1 aromatic heterocycles. The molecule has 0 atom stereocenters. The Morgan fingerprint density at radius 1 is 1.77 bits per heavy atom. The van der Waals surface area contributed by atoms with Gasteiger partial charge in [0.15, 0.2) is 5.88 Å². The van der Waals surface area contributed by atoms with Gasteiger partial charge in [-0.1, -0.05) is 6.08 Å². The van der Waals surface area contributed by atoms with Gasteiger partial charge in [-0.15, -0.1) is 6.58 Å². The van der Waals surface area contributed by atoms with Crippen molar-refractivity contribution in [3.05, 3.63) is 40.2 Å². The SMILES string of the molecule is C=CCc1cc(O)[nH]c(=O)c1C#N. The number of H-pyrrole nitrogens is 1. The average Bonchev–Trinajstić information content (AvgIpc) is 2.04. The van der Waals surface area contributed by atoms with Crippen molar-refractivity contribution < 1.29 is 5.11 Å². The number of aromatic hydroxyl groups is 1. The first-order valence-corrected chi connectivity index (χ1v) is 3.65. The molecule has 0 saturated carbocycles. The van der Waals surface area contributed by atoms with Crippen LogP contribution in [-0.4, -0.2) is 10.1 Å². The molecule has 66 valence electrons. The Morgan fingerprint density at radius 3 is 3.00 bits per heavy atom. The molecule has 0 radical (unpaired) electrons. The summed E-state index contributed by atoms with van der Waals surface area (Å²) in [6, 6.07) is 3.12. The molecule has 13 heavy (non-hydrogen) atoms. The van der Waals surface area contributed by atoms with Crippen LogP contribution in [0.15, 0.2) is 23.5 Å². The molecule has 4 heteroatoms. The van der Waals surface area contributed by atoms with E-state index in [1.54, 1.807) is 12.1 Å². The van der Waals surface area contributed by atoms with Gasteiger partial charge in [-0.05, 0) is 12.0 Å². The quantitative estimate of drug-likeness (QED) is 0.650. The first-order chi connectivity index (χ1) is 6.19. The van der Waals surface area contributed by atoms with Gasteiger partial charge in [0.2, 0.25) is 0 Å². The summed E-state index contributed by atoms with van der Waals surface area (Å²) in [4.78, 5) is 13.2. The molecule has 4 nitrogen and oxygen atoms in total. The summed E-state index contributed by atoms with van der Waals surface area (Å²) in [5.74, 6) is -0.235. The van der Waals surface area contributed by atoms with E-state index in [2.05, 4.69) is 11.6 Å². The highest BCUT2D eigenvalue weighted by Gasteiger charge is 2.06. The largest absolute Gasteiger partial charge is 0.495 e. The number of allylic oxidation sites excluding steroid dienone is 1. The zero-order valence-corrected chi connectivity index (χ0v) is 6.87. The van der Waals surface area contributed by atoms with Crippen molar-refractivity contribution in [2.75, 3.05) is 0 Å². The van der Waals surface area contributed by atoms with E-state index in [4.69, 9.17) is 10.4 Å². The molecule has 0 aromatic carbocycles. The van der Waals surface area contributed by atoms with Gasteiger partial charge >= 0.3 is 0 Å². The fourth-order valence-electron chi connectivity index (χ4n) is 1.04. The first-order valence-electron chi connectivity index (χ1n) is 3.65.